The number of hydrogen-bond donors (Lipinski definition) is 0. The van der Waals surface area contributed by atoms with Crippen molar-refractivity contribution in [1.82, 2.24) is 4.98 Å². The van der Waals surface area contributed by atoms with Crippen molar-refractivity contribution in [3.05, 3.63) is 24.0 Å². The molecule has 0 aromatic carbocycles. The number of nitrogens with zero attached hydrogens (tertiary/aromatic N) is 1. The van der Waals surface area contributed by atoms with E-state index in [0.29, 0.717) is 0 Å². The Labute approximate surface area is 205 Å². The summed E-state index contributed by atoms with van der Waals surface area (Å²) in [6.07, 6.45) is 28.8. The molecule has 2 heteroatoms. The third-order valence-corrected chi connectivity index (χ3v) is 8.75. The van der Waals surface area contributed by atoms with Gasteiger partial charge in [-0.1, -0.05) is 117 Å². The first-order chi connectivity index (χ1) is 16.3. The fourth-order valence-corrected chi connectivity index (χ4v) is 6.31. The monoisotopic (exact) mass is 455 g/mol. The summed E-state index contributed by atoms with van der Waals surface area (Å²) in [5, 5.41) is 0. The second kappa shape index (κ2) is 15.8. The van der Waals surface area contributed by atoms with Crippen LogP contribution in [-0.2, 0) is 6.42 Å². The number of rotatable bonds is 15. The Balaban J connectivity index is 1.23. The summed E-state index contributed by atoms with van der Waals surface area (Å²) in [7, 11) is 0. The minimum absolute atomic E-state index is 0.818. The van der Waals surface area contributed by atoms with Crippen molar-refractivity contribution in [2.45, 2.75) is 136 Å². The van der Waals surface area contributed by atoms with Gasteiger partial charge < -0.3 is 4.74 Å². The van der Waals surface area contributed by atoms with Crippen LogP contribution in [0.25, 0.3) is 0 Å². The molecule has 2 aliphatic rings. The van der Waals surface area contributed by atoms with E-state index in [9.17, 15) is 0 Å². The van der Waals surface area contributed by atoms with Crippen LogP contribution in [0.3, 0.4) is 0 Å². The summed E-state index contributed by atoms with van der Waals surface area (Å²) >= 11 is 0. The van der Waals surface area contributed by atoms with Crippen molar-refractivity contribution in [2.24, 2.45) is 23.7 Å². The second-order valence-electron chi connectivity index (χ2n) is 11.4. The van der Waals surface area contributed by atoms with E-state index >= 15 is 0 Å². The van der Waals surface area contributed by atoms with E-state index in [-0.39, 0.29) is 0 Å². The molecule has 0 unspecified atom stereocenters. The van der Waals surface area contributed by atoms with E-state index in [1.807, 2.05) is 6.20 Å². The Hall–Kier alpha value is -1.05. The Kier molecular flexibility index (Phi) is 12.7. The number of hydrogen-bond acceptors (Lipinski definition) is 2. The molecule has 0 amide bonds. The smallest absolute Gasteiger partial charge is 0.137 e. The van der Waals surface area contributed by atoms with E-state index < -0.39 is 0 Å². The quantitative estimate of drug-likeness (QED) is 0.246. The molecule has 33 heavy (non-hydrogen) atoms. The highest BCUT2D eigenvalue weighted by molar-refractivity contribution is 5.19. The predicted octanol–water partition coefficient (Wildman–Crippen LogP) is 9.56. The first-order valence-corrected chi connectivity index (χ1v) is 14.8. The fourth-order valence-electron chi connectivity index (χ4n) is 6.31. The Bertz CT molecular complexity index is 596. The Morgan fingerprint density at radius 3 is 1.76 bits per heavy atom. The molecule has 0 atom stereocenters. The van der Waals surface area contributed by atoms with Crippen LogP contribution in [-0.4, -0.2) is 11.6 Å². The van der Waals surface area contributed by atoms with Gasteiger partial charge in [-0.15, -0.1) is 0 Å². The lowest BCUT2D eigenvalue weighted by molar-refractivity contribution is 0.208. The molecule has 0 saturated heterocycles. The van der Waals surface area contributed by atoms with E-state index in [1.165, 1.54) is 115 Å². The van der Waals surface area contributed by atoms with Crippen molar-refractivity contribution in [2.75, 3.05) is 6.61 Å². The van der Waals surface area contributed by atoms with Crippen LogP contribution < -0.4 is 4.74 Å². The number of pyridine rings is 1. The molecule has 1 aromatic heterocycles. The molecule has 188 valence electrons. The Morgan fingerprint density at radius 1 is 0.667 bits per heavy atom. The lowest BCUT2D eigenvalue weighted by Crippen LogP contribution is -2.18. The van der Waals surface area contributed by atoms with Gasteiger partial charge in [0.1, 0.15) is 5.75 Å². The van der Waals surface area contributed by atoms with Crippen molar-refractivity contribution >= 4 is 0 Å². The summed E-state index contributed by atoms with van der Waals surface area (Å²) in [5.74, 6) is 4.99. The van der Waals surface area contributed by atoms with Gasteiger partial charge in [0.05, 0.1) is 12.8 Å². The highest BCUT2D eigenvalue weighted by Gasteiger charge is 2.24. The second-order valence-corrected chi connectivity index (χ2v) is 11.4. The summed E-state index contributed by atoms with van der Waals surface area (Å²) in [6.45, 7) is 5.37. The zero-order valence-electron chi connectivity index (χ0n) is 22.0. The normalized spacial score (nSPS) is 25.8. The molecule has 1 heterocycles. The van der Waals surface area contributed by atoms with Gasteiger partial charge in [-0.3, -0.25) is 4.98 Å². The molecular weight excluding hydrogens is 402 g/mol. The van der Waals surface area contributed by atoms with Gasteiger partial charge in [-0.25, -0.2) is 0 Å². The van der Waals surface area contributed by atoms with Crippen LogP contribution in [0.2, 0.25) is 0 Å². The van der Waals surface area contributed by atoms with Gasteiger partial charge in [-0.2, -0.15) is 0 Å². The van der Waals surface area contributed by atoms with E-state index in [4.69, 9.17) is 4.74 Å². The van der Waals surface area contributed by atoms with Crippen LogP contribution in [0.15, 0.2) is 18.3 Å². The van der Waals surface area contributed by atoms with Crippen molar-refractivity contribution in [3.63, 3.8) is 0 Å². The minimum atomic E-state index is 0.818. The molecule has 0 bridgehead atoms. The molecule has 2 saturated carbocycles. The molecule has 0 radical (unpaired) electrons. The van der Waals surface area contributed by atoms with Crippen molar-refractivity contribution in [3.8, 4) is 5.75 Å². The SMILES string of the molecule is CCCCCOc1ccc(CCC2CCC(CC[C@H]3CC[C@H](CCCCC)CC3)CC2)nc1. The predicted molar refractivity (Wildman–Crippen MR) is 142 cm³/mol. The molecule has 2 nitrogen and oxygen atoms in total. The molecule has 3 rings (SSSR count). The zero-order valence-corrected chi connectivity index (χ0v) is 22.0. The average molecular weight is 456 g/mol. The van der Waals surface area contributed by atoms with E-state index in [1.54, 1.807) is 0 Å². The highest BCUT2D eigenvalue weighted by atomic mass is 16.5. The first-order valence-electron chi connectivity index (χ1n) is 14.8. The number of ether oxygens (including phenoxy) is 1. The average Bonchev–Trinajstić information content (AvgIpc) is 2.86. The van der Waals surface area contributed by atoms with Gasteiger partial charge in [0.15, 0.2) is 0 Å². The molecule has 0 spiro atoms. The Morgan fingerprint density at radius 2 is 1.21 bits per heavy atom. The van der Waals surface area contributed by atoms with Crippen LogP contribution in [0.5, 0.6) is 5.75 Å². The standard InChI is InChI=1S/C31H53NO/c1-3-5-7-9-26-10-12-27(13-11-26)14-15-28-16-18-29(19-17-28)20-21-30-22-23-31(25-32-30)33-24-8-6-4-2/h22-23,25-29H,3-21,24H2,1-2H3/t26-,27-,28?,29?. The minimum Gasteiger partial charge on any atom is -0.492 e. The number of aryl methyl sites for hydroxylation is 1. The van der Waals surface area contributed by atoms with Crippen molar-refractivity contribution in [1.29, 1.82) is 0 Å². The summed E-state index contributed by atoms with van der Waals surface area (Å²) in [4.78, 5) is 4.66. The van der Waals surface area contributed by atoms with Crippen LogP contribution in [0, 0.1) is 23.7 Å². The zero-order chi connectivity index (χ0) is 23.1. The van der Waals surface area contributed by atoms with Gasteiger partial charge in [0.25, 0.3) is 0 Å². The maximum atomic E-state index is 5.80. The van der Waals surface area contributed by atoms with Gasteiger partial charge >= 0.3 is 0 Å². The van der Waals surface area contributed by atoms with Gasteiger partial charge in [-0.05, 0) is 55.1 Å². The molecule has 0 N–H and O–H groups in total. The molecule has 2 aliphatic carbocycles. The van der Waals surface area contributed by atoms with Crippen LogP contribution in [0.1, 0.15) is 135 Å². The van der Waals surface area contributed by atoms with Gasteiger partial charge in [0.2, 0.25) is 0 Å². The maximum Gasteiger partial charge on any atom is 0.137 e. The van der Waals surface area contributed by atoms with Crippen LogP contribution in [0.4, 0.5) is 0 Å². The molecule has 0 aliphatic heterocycles. The molecule has 1 aromatic rings. The fraction of sp³-hybridized carbons (Fsp3) is 0.839. The lowest BCUT2D eigenvalue weighted by atomic mass is 9.74. The van der Waals surface area contributed by atoms with Crippen molar-refractivity contribution < 1.29 is 4.74 Å². The maximum absolute atomic E-state index is 5.80. The summed E-state index contributed by atoms with van der Waals surface area (Å²) < 4.78 is 5.80. The van der Waals surface area contributed by atoms with Crippen LogP contribution >= 0.6 is 0 Å². The van der Waals surface area contributed by atoms with Gasteiger partial charge in [0, 0.05) is 5.69 Å². The topological polar surface area (TPSA) is 22.1 Å². The largest absolute Gasteiger partial charge is 0.492 e. The third kappa shape index (κ3) is 10.4. The third-order valence-electron chi connectivity index (χ3n) is 8.75. The van der Waals surface area contributed by atoms with E-state index in [2.05, 4.69) is 31.0 Å². The summed E-state index contributed by atoms with van der Waals surface area (Å²) in [5.41, 5.74) is 1.24. The number of aromatic nitrogens is 1. The molecule has 2 fully saturated rings. The number of unbranched alkanes of at least 4 members (excludes halogenated alkanes) is 4. The lowest BCUT2D eigenvalue weighted by Gasteiger charge is -2.32. The highest BCUT2D eigenvalue weighted by Crippen LogP contribution is 2.38. The first kappa shape index (κ1) is 26.6. The molecular formula is C31H53NO. The van der Waals surface area contributed by atoms with E-state index in [0.717, 1.165) is 48.9 Å². The summed E-state index contributed by atoms with van der Waals surface area (Å²) in [6, 6.07) is 4.29.